The highest BCUT2D eigenvalue weighted by Crippen LogP contribution is 2.28. The van der Waals surface area contributed by atoms with Gasteiger partial charge in [0.15, 0.2) is 0 Å². The van der Waals surface area contributed by atoms with Gasteiger partial charge in [-0.3, -0.25) is 4.79 Å². The van der Waals surface area contributed by atoms with Gasteiger partial charge < -0.3 is 9.88 Å². The summed E-state index contributed by atoms with van der Waals surface area (Å²) in [7, 11) is 0. The lowest BCUT2D eigenvalue weighted by Gasteiger charge is -2.22. The summed E-state index contributed by atoms with van der Waals surface area (Å²) in [5, 5.41) is 3.73. The van der Waals surface area contributed by atoms with Crippen molar-refractivity contribution in [2.24, 2.45) is 5.92 Å². The van der Waals surface area contributed by atoms with Gasteiger partial charge in [-0.2, -0.15) is 0 Å². The molecule has 1 saturated carbocycles. The number of rotatable bonds is 9. The summed E-state index contributed by atoms with van der Waals surface area (Å²) in [5.41, 5.74) is 3.29. The highest BCUT2D eigenvalue weighted by atomic mass is 35.5. The van der Waals surface area contributed by atoms with Crippen molar-refractivity contribution in [2.45, 2.75) is 64.3 Å². The predicted molar refractivity (Wildman–Crippen MR) is 127 cm³/mol. The molecule has 0 spiro atoms. The third kappa shape index (κ3) is 6.10. The highest BCUT2D eigenvalue weighted by Gasteiger charge is 2.16. The van der Waals surface area contributed by atoms with Gasteiger partial charge in [-0.05, 0) is 48.6 Å². The van der Waals surface area contributed by atoms with Crippen LogP contribution in [0.15, 0.2) is 48.5 Å². The minimum atomic E-state index is 0.0492. The quantitative estimate of drug-likeness (QED) is 0.420. The Hall–Kier alpha value is -2.33. The van der Waals surface area contributed by atoms with Crippen LogP contribution < -0.4 is 5.32 Å². The van der Waals surface area contributed by atoms with Gasteiger partial charge in [-0.25, -0.2) is 4.98 Å². The van der Waals surface area contributed by atoms with Crippen LogP contribution in [0.3, 0.4) is 0 Å². The maximum atomic E-state index is 12.2. The molecule has 1 aliphatic carbocycles. The molecule has 2 aromatic carbocycles. The molecule has 1 fully saturated rings. The minimum absolute atomic E-state index is 0.0492. The zero-order chi connectivity index (χ0) is 21.5. The first-order chi connectivity index (χ1) is 15.2. The minimum Gasteiger partial charge on any atom is -0.356 e. The molecule has 164 valence electrons. The van der Waals surface area contributed by atoms with Crippen LogP contribution in [0.25, 0.3) is 11.0 Å². The number of aromatic nitrogens is 2. The van der Waals surface area contributed by atoms with Crippen molar-refractivity contribution in [1.29, 1.82) is 0 Å². The van der Waals surface area contributed by atoms with Gasteiger partial charge in [-0.15, -0.1) is 0 Å². The van der Waals surface area contributed by atoms with Gasteiger partial charge in [0, 0.05) is 24.5 Å². The highest BCUT2D eigenvalue weighted by molar-refractivity contribution is 6.30. The smallest absolute Gasteiger partial charge is 0.224 e. The molecule has 0 aliphatic heterocycles. The van der Waals surface area contributed by atoms with E-state index in [1.807, 2.05) is 24.3 Å². The summed E-state index contributed by atoms with van der Waals surface area (Å²) < 4.78 is 2.42. The van der Waals surface area contributed by atoms with E-state index in [2.05, 4.69) is 34.1 Å². The van der Waals surface area contributed by atoms with E-state index in [1.54, 1.807) is 0 Å². The summed E-state index contributed by atoms with van der Waals surface area (Å²) in [5.74, 6) is 2.05. The molecular formula is C26H32ClN3O. The Kier molecular flexibility index (Phi) is 7.63. The third-order valence-electron chi connectivity index (χ3n) is 6.40. The molecule has 4 nitrogen and oxygen atoms in total. The van der Waals surface area contributed by atoms with Crippen LogP contribution in [-0.2, 0) is 24.2 Å². The van der Waals surface area contributed by atoms with Crippen molar-refractivity contribution in [3.8, 4) is 0 Å². The molecule has 1 N–H and O–H groups in total. The number of carbonyl (C=O) groups excluding carboxylic acids is 1. The standard InChI is InChI=1S/C26H32ClN3O/c27-22-14-12-21(13-15-22)19-26(31)28-17-6-11-25-29-23-9-4-5-10-24(23)30(25)18-16-20-7-2-1-3-8-20/h4-5,9-10,12-15,20H,1-3,6-8,11,16-19H2,(H,28,31). The number of nitrogens with zero attached hydrogens (tertiary/aromatic N) is 2. The van der Waals surface area contributed by atoms with E-state index in [1.165, 1.54) is 44.0 Å². The van der Waals surface area contributed by atoms with Crippen molar-refractivity contribution >= 4 is 28.5 Å². The van der Waals surface area contributed by atoms with Crippen LogP contribution in [0.2, 0.25) is 5.02 Å². The maximum absolute atomic E-state index is 12.2. The lowest BCUT2D eigenvalue weighted by atomic mass is 9.87. The summed E-state index contributed by atoms with van der Waals surface area (Å²) in [6.45, 7) is 1.71. The average Bonchev–Trinajstić information content (AvgIpc) is 3.15. The normalized spacial score (nSPS) is 14.7. The SMILES string of the molecule is O=C(Cc1ccc(Cl)cc1)NCCCc1nc2ccccc2n1CCC1CCCCC1. The van der Waals surface area contributed by atoms with E-state index in [9.17, 15) is 4.79 Å². The van der Waals surface area contributed by atoms with E-state index < -0.39 is 0 Å². The summed E-state index contributed by atoms with van der Waals surface area (Å²) in [6.07, 6.45) is 10.3. The molecule has 0 radical (unpaired) electrons. The predicted octanol–water partition coefficient (Wildman–Crippen LogP) is 5.95. The average molecular weight is 438 g/mol. The zero-order valence-corrected chi connectivity index (χ0v) is 18.9. The Morgan fingerprint density at radius 1 is 1.06 bits per heavy atom. The molecule has 0 saturated heterocycles. The van der Waals surface area contributed by atoms with Gasteiger partial charge in [-0.1, -0.05) is 68.0 Å². The van der Waals surface area contributed by atoms with Gasteiger partial charge in [0.2, 0.25) is 5.91 Å². The number of carbonyl (C=O) groups is 1. The lowest BCUT2D eigenvalue weighted by Crippen LogP contribution is -2.26. The summed E-state index contributed by atoms with van der Waals surface area (Å²) in [6, 6.07) is 15.9. The lowest BCUT2D eigenvalue weighted by molar-refractivity contribution is -0.120. The van der Waals surface area contributed by atoms with E-state index in [0.717, 1.165) is 42.2 Å². The molecule has 0 unspecified atom stereocenters. The van der Waals surface area contributed by atoms with Gasteiger partial charge >= 0.3 is 0 Å². The second-order valence-electron chi connectivity index (χ2n) is 8.72. The Balaban J connectivity index is 1.31. The number of halogens is 1. The fourth-order valence-corrected chi connectivity index (χ4v) is 4.80. The molecular weight excluding hydrogens is 406 g/mol. The van der Waals surface area contributed by atoms with Gasteiger partial charge in [0.25, 0.3) is 0 Å². The molecule has 1 aliphatic rings. The molecule has 3 aromatic rings. The van der Waals surface area contributed by atoms with Crippen LogP contribution >= 0.6 is 11.6 Å². The molecule has 1 amide bonds. The molecule has 0 atom stereocenters. The Morgan fingerprint density at radius 3 is 2.65 bits per heavy atom. The number of imidazole rings is 1. The molecule has 4 rings (SSSR count). The first kappa shape index (κ1) is 21.9. The summed E-state index contributed by atoms with van der Waals surface area (Å²) in [4.78, 5) is 17.1. The molecule has 0 bridgehead atoms. The van der Waals surface area contributed by atoms with Crippen molar-refractivity contribution < 1.29 is 4.79 Å². The molecule has 5 heteroatoms. The number of hydrogen-bond acceptors (Lipinski definition) is 2. The largest absolute Gasteiger partial charge is 0.356 e. The molecule has 1 heterocycles. The van der Waals surface area contributed by atoms with Crippen LogP contribution in [0.1, 0.15) is 56.3 Å². The Bertz CT molecular complexity index is 990. The second kappa shape index (κ2) is 10.8. The van der Waals surface area contributed by atoms with Crippen molar-refractivity contribution in [1.82, 2.24) is 14.9 Å². The number of benzene rings is 2. The van der Waals surface area contributed by atoms with Crippen molar-refractivity contribution in [3.05, 3.63) is 64.9 Å². The fourth-order valence-electron chi connectivity index (χ4n) is 4.68. The third-order valence-corrected chi connectivity index (χ3v) is 6.65. The monoisotopic (exact) mass is 437 g/mol. The number of hydrogen-bond donors (Lipinski definition) is 1. The second-order valence-corrected chi connectivity index (χ2v) is 9.15. The zero-order valence-electron chi connectivity index (χ0n) is 18.2. The van der Waals surface area contributed by atoms with Gasteiger partial charge in [0.05, 0.1) is 17.5 Å². The van der Waals surface area contributed by atoms with Gasteiger partial charge in [0.1, 0.15) is 5.82 Å². The van der Waals surface area contributed by atoms with E-state index >= 15 is 0 Å². The first-order valence-corrected chi connectivity index (χ1v) is 12.0. The number of para-hydroxylation sites is 2. The number of fused-ring (bicyclic) bond motifs is 1. The van der Waals surface area contributed by atoms with E-state index in [-0.39, 0.29) is 5.91 Å². The van der Waals surface area contributed by atoms with Crippen LogP contribution in [-0.4, -0.2) is 22.0 Å². The van der Waals surface area contributed by atoms with Crippen molar-refractivity contribution in [2.75, 3.05) is 6.54 Å². The number of aryl methyl sites for hydroxylation is 2. The maximum Gasteiger partial charge on any atom is 0.224 e. The fraction of sp³-hybridized carbons (Fsp3) is 0.462. The summed E-state index contributed by atoms with van der Waals surface area (Å²) >= 11 is 5.91. The topological polar surface area (TPSA) is 46.9 Å². The van der Waals surface area contributed by atoms with E-state index in [0.29, 0.717) is 18.0 Å². The number of amides is 1. The van der Waals surface area contributed by atoms with E-state index in [4.69, 9.17) is 16.6 Å². The number of nitrogens with one attached hydrogen (secondary N) is 1. The first-order valence-electron chi connectivity index (χ1n) is 11.6. The molecule has 1 aromatic heterocycles. The van der Waals surface area contributed by atoms with Crippen LogP contribution in [0, 0.1) is 5.92 Å². The van der Waals surface area contributed by atoms with Crippen molar-refractivity contribution in [3.63, 3.8) is 0 Å². The molecule has 31 heavy (non-hydrogen) atoms. The van der Waals surface area contributed by atoms with Crippen LogP contribution in [0.5, 0.6) is 0 Å². The van der Waals surface area contributed by atoms with Crippen LogP contribution in [0.4, 0.5) is 0 Å². The Morgan fingerprint density at radius 2 is 1.84 bits per heavy atom. The Labute approximate surface area is 190 Å².